The van der Waals surface area contributed by atoms with E-state index in [1.807, 2.05) is 6.07 Å². The van der Waals surface area contributed by atoms with E-state index in [0.29, 0.717) is 30.8 Å². The number of carbonyl (C=O) groups excluding carboxylic acids is 1. The van der Waals surface area contributed by atoms with Crippen molar-refractivity contribution in [3.05, 3.63) is 59.2 Å². The average molecular weight is 281 g/mol. The van der Waals surface area contributed by atoms with Gasteiger partial charge < -0.3 is 4.90 Å². The van der Waals surface area contributed by atoms with Crippen molar-refractivity contribution in [2.45, 2.75) is 19.4 Å². The van der Waals surface area contributed by atoms with E-state index in [4.69, 9.17) is 5.26 Å². The van der Waals surface area contributed by atoms with Crippen LogP contribution < -0.4 is 4.90 Å². The average Bonchev–Trinajstić information content (AvgIpc) is 2.50. The Morgan fingerprint density at radius 1 is 1.29 bits per heavy atom. The van der Waals surface area contributed by atoms with Gasteiger partial charge >= 0.3 is 0 Å². The Bertz CT molecular complexity index is 751. The molecule has 0 atom stereocenters. The minimum absolute atomic E-state index is 0.0385. The molecule has 0 bridgehead atoms. The van der Waals surface area contributed by atoms with Gasteiger partial charge in [-0.3, -0.25) is 4.79 Å². The van der Waals surface area contributed by atoms with Crippen molar-refractivity contribution in [1.82, 2.24) is 4.98 Å². The molecular formula is C16H12FN3O. The maximum atomic E-state index is 13.5. The zero-order valence-corrected chi connectivity index (χ0v) is 11.2. The number of anilines is 1. The Balaban J connectivity index is 1.96. The van der Waals surface area contributed by atoms with E-state index in [1.165, 1.54) is 18.3 Å². The van der Waals surface area contributed by atoms with Gasteiger partial charge in [0.15, 0.2) is 0 Å². The summed E-state index contributed by atoms with van der Waals surface area (Å²) in [6.45, 7) is 0.312. The lowest BCUT2D eigenvalue weighted by molar-refractivity contribution is -0.119. The first-order valence-electron chi connectivity index (χ1n) is 6.61. The number of nitriles is 1. The number of halogens is 1. The molecule has 4 nitrogen and oxygen atoms in total. The van der Waals surface area contributed by atoms with Crippen molar-refractivity contribution >= 4 is 11.6 Å². The largest absolute Gasteiger partial charge is 0.308 e. The number of hydrogen-bond acceptors (Lipinski definition) is 3. The van der Waals surface area contributed by atoms with E-state index in [1.54, 1.807) is 23.1 Å². The SMILES string of the molecule is N#Cc1cc(CN2C(=O)CCc3ccc(F)cc32)ccn1. The number of amides is 1. The second kappa shape index (κ2) is 5.33. The molecule has 104 valence electrons. The van der Waals surface area contributed by atoms with E-state index in [2.05, 4.69) is 4.98 Å². The standard InChI is InChI=1S/C16H12FN3O/c17-13-3-1-12-2-4-16(21)20(15(12)8-13)10-11-5-6-19-14(7-11)9-18/h1,3,5-8H,2,4,10H2. The molecule has 2 aromatic rings. The minimum Gasteiger partial charge on any atom is -0.308 e. The summed E-state index contributed by atoms with van der Waals surface area (Å²) >= 11 is 0. The summed E-state index contributed by atoms with van der Waals surface area (Å²) in [5, 5.41) is 8.87. The highest BCUT2D eigenvalue weighted by atomic mass is 19.1. The lowest BCUT2D eigenvalue weighted by Crippen LogP contribution is -2.34. The number of hydrogen-bond donors (Lipinski definition) is 0. The van der Waals surface area contributed by atoms with Gasteiger partial charge in [-0.15, -0.1) is 0 Å². The Morgan fingerprint density at radius 3 is 2.95 bits per heavy atom. The van der Waals surface area contributed by atoms with Gasteiger partial charge in [0.1, 0.15) is 17.6 Å². The number of nitrogens with zero attached hydrogens (tertiary/aromatic N) is 3. The third-order valence-electron chi connectivity index (χ3n) is 3.53. The van der Waals surface area contributed by atoms with Crippen LogP contribution in [0.4, 0.5) is 10.1 Å². The fraction of sp³-hybridized carbons (Fsp3) is 0.188. The van der Waals surface area contributed by atoms with Crippen LogP contribution >= 0.6 is 0 Å². The van der Waals surface area contributed by atoms with E-state index in [0.717, 1.165) is 11.1 Å². The molecule has 1 amide bonds. The maximum absolute atomic E-state index is 13.5. The molecule has 3 rings (SSSR count). The molecule has 1 aromatic heterocycles. The van der Waals surface area contributed by atoms with Crippen LogP contribution in [0.1, 0.15) is 23.2 Å². The summed E-state index contributed by atoms with van der Waals surface area (Å²) in [5.41, 5.74) is 2.68. The van der Waals surface area contributed by atoms with E-state index >= 15 is 0 Å². The highest BCUT2D eigenvalue weighted by Crippen LogP contribution is 2.29. The molecule has 1 aliphatic rings. The molecule has 0 unspecified atom stereocenters. The summed E-state index contributed by atoms with van der Waals surface area (Å²) in [4.78, 5) is 17.6. The molecule has 0 saturated heterocycles. The summed E-state index contributed by atoms with van der Waals surface area (Å²) in [7, 11) is 0. The minimum atomic E-state index is -0.360. The van der Waals surface area contributed by atoms with Gasteiger partial charge in [-0.2, -0.15) is 5.26 Å². The van der Waals surface area contributed by atoms with Gasteiger partial charge in [-0.05, 0) is 41.8 Å². The van der Waals surface area contributed by atoms with Crippen LogP contribution in [0.5, 0.6) is 0 Å². The lowest BCUT2D eigenvalue weighted by Gasteiger charge is -2.29. The Hall–Kier alpha value is -2.74. The highest BCUT2D eigenvalue weighted by molar-refractivity contribution is 5.96. The number of carbonyl (C=O) groups is 1. The summed E-state index contributed by atoms with van der Waals surface area (Å²) in [6.07, 6.45) is 2.58. The molecule has 21 heavy (non-hydrogen) atoms. The van der Waals surface area contributed by atoms with Gasteiger partial charge in [0.25, 0.3) is 0 Å². The van der Waals surface area contributed by atoms with E-state index < -0.39 is 0 Å². The predicted octanol–water partition coefficient (Wildman–Crippen LogP) is 2.57. The van der Waals surface area contributed by atoms with E-state index in [9.17, 15) is 9.18 Å². The van der Waals surface area contributed by atoms with Gasteiger partial charge in [0.05, 0.1) is 12.2 Å². The molecule has 0 spiro atoms. The Kier molecular flexibility index (Phi) is 3.36. The first-order chi connectivity index (χ1) is 10.2. The summed E-state index contributed by atoms with van der Waals surface area (Å²) < 4.78 is 13.5. The van der Waals surface area contributed by atoms with Crippen LogP contribution in [0.25, 0.3) is 0 Å². The zero-order valence-electron chi connectivity index (χ0n) is 11.2. The molecule has 0 fully saturated rings. The molecular weight excluding hydrogens is 269 g/mol. The maximum Gasteiger partial charge on any atom is 0.227 e. The van der Waals surface area contributed by atoms with Gasteiger partial charge in [0.2, 0.25) is 5.91 Å². The predicted molar refractivity (Wildman–Crippen MR) is 74.9 cm³/mol. The van der Waals surface area contributed by atoms with Crippen molar-refractivity contribution in [2.24, 2.45) is 0 Å². The summed E-state index contributed by atoms with van der Waals surface area (Å²) in [6, 6.07) is 9.88. The molecule has 0 saturated carbocycles. The quantitative estimate of drug-likeness (QED) is 0.850. The topological polar surface area (TPSA) is 57.0 Å². The molecule has 1 aromatic carbocycles. The van der Waals surface area contributed by atoms with Crippen LogP contribution in [0.15, 0.2) is 36.5 Å². The van der Waals surface area contributed by atoms with Crippen molar-refractivity contribution in [1.29, 1.82) is 5.26 Å². The third kappa shape index (κ3) is 2.61. The fourth-order valence-corrected chi connectivity index (χ4v) is 2.50. The molecule has 0 radical (unpaired) electrons. The second-order valence-electron chi connectivity index (χ2n) is 4.91. The second-order valence-corrected chi connectivity index (χ2v) is 4.91. The number of fused-ring (bicyclic) bond motifs is 1. The van der Waals surface area contributed by atoms with E-state index in [-0.39, 0.29) is 11.7 Å². The molecule has 2 heterocycles. The Morgan fingerprint density at radius 2 is 2.14 bits per heavy atom. The van der Waals surface area contributed by atoms with Crippen LogP contribution in [-0.4, -0.2) is 10.9 Å². The van der Waals surface area contributed by atoms with Crippen molar-refractivity contribution in [3.63, 3.8) is 0 Å². The molecule has 5 heteroatoms. The normalized spacial score (nSPS) is 13.7. The van der Waals surface area contributed by atoms with Crippen molar-refractivity contribution < 1.29 is 9.18 Å². The molecule has 0 N–H and O–H groups in total. The van der Waals surface area contributed by atoms with Crippen LogP contribution in [0, 0.1) is 17.1 Å². The third-order valence-corrected chi connectivity index (χ3v) is 3.53. The smallest absolute Gasteiger partial charge is 0.227 e. The summed E-state index contributed by atoms with van der Waals surface area (Å²) in [5.74, 6) is -0.399. The van der Waals surface area contributed by atoms with Crippen LogP contribution in [0.2, 0.25) is 0 Å². The number of pyridine rings is 1. The van der Waals surface area contributed by atoms with Crippen LogP contribution in [0.3, 0.4) is 0 Å². The number of aryl methyl sites for hydroxylation is 1. The lowest BCUT2D eigenvalue weighted by atomic mass is 10.0. The number of rotatable bonds is 2. The van der Waals surface area contributed by atoms with Crippen molar-refractivity contribution in [3.8, 4) is 6.07 Å². The van der Waals surface area contributed by atoms with Gasteiger partial charge in [-0.1, -0.05) is 6.07 Å². The Labute approximate surface area is 121 Å². The van der Waals surface area contributed by atoms with Gasteiger partial charge in [0, 0.05) is 12.6 Å². The van der Waals surface area contributed by atoms with Gasteiger partial charge in [-0.25, -0.2) is 9.37 Å². The zero-order chi connectivity index (χ0) is 14.8. The monoisotopic (exact) mass is 281 g/mol. The fourth-order valence-electron chi connectivity index (χ4n) is 2.50. The molecule has 1 aliphatic heterocycles. The number of benzene rings is 1. The van der Waals surface area contributed by atoms with Crippen molar-refractivity contribution in [2.75, 3.05) is 4.90 Å². The first kappa shape index (κ1) is 13.3. The highest BCUT2D eigenvalue weighted by Gasteiger charge is 2.24. The molecule has 0 aliphatic carbocycles. The van der Waals surface area contributed by atoms with Crippen LogP contribution in [-0.2, 0) is 17.8 Å². The number of aromatic nitrogens is 1. The first-order valence-corrected chi connectivity index (χ1v) is 6.61.